The van der Waals surface area contributed by atoms with Crippen molar-refractivity contribution in [1.82, 2.24) is 15.7 Å². The molecular weight excluding hydrogens is 276 g/mol. The fourth-order valence-electron chi connectivity index (χ4n) is 2.49. The Morgan fingerprint density at radius 1 is 1.48 bits per heavy atom. The van der Waals surface area contributed by atoms with Crippen LogP contribution in [-0.4, -0.2) is 47.6 Å². The van der Waals surface area contributed by atoms with Crippen LogP contribution in [0.2, 0.25) is 0 Å². The summed E-state index contributed by atoms with van der Waals surface area (Å²) < 4.78 is 0. The van der Waals surface area contributed by atoms with Crippen LogP contribution in [0.25, 0.3) is 0 Å². The van der Waals surface area contributed by atoms with Gasteiger partial charge < -0.3 is 21.2 Å². The number of nitrogens with zero attached hydrogens (tertiary/aromatic N) is 1. The average Bonchev–Trinajstić information content (AvgIpc) is 2.88. The first-order valence-corrected chi connectivity index (χ1v) is 7.02. The number of carbonyl (C=O) groups excluding carboxylic acids is 3. The van der Waals surface area contributed by atoms with E-state index in [-0.39, 0.29) is 12.5 Å². The highest BCUT2D eigenvalue weighted by atomic mass is 16.7. The van der Waals surface area contributed by atoms with Crippen molar-refractivity contribution in [2.24, 2.45) is 11.1 Å². The van der Waals surface area contributed by atoms with Crippen LogP contribution in [0, 0.1) is 5.41 Å². The molecule has 0 spiro atoms. The third-order valence-electron chi connectivity index (χ3n) is 4.19. The quantitative estimate of drug-likeness (QED) is 0.635. The number of hydroxylamine groups is 2. The summed E-state index contributed by atoms with van der Waals surface area (Å²) in [6.45, 7) is 6.38. The zero-order chi connectivity index (χ0) is 15.8. The number of nitrogens with one attached hydrogen (secondary N) is 2. The Hall–Kier alpha value is -1.83. The van der Waals surface area contributed by atoms with E-state index in [0.717, 1.165) is 5.06 Å². The third kappa shape index (κ3) is 2.80. The molecule has 0 aromatic heterocycles. The van der Waals surface area contributed by atoms with Crippen molar-refractivity contribution in [2.75, 3.05) is 13.1 Å². The summed E-state index contributed by atoms with van der Waals surface area (Å²) in [5.41, 5.74) is 4.67. The van der Waals surface area contributed by atoms with E-state index in [1.54, 1.807) is 0 Å². The van der Waals surface area contributed by atoms with Crippen LogP contribution in [0.1, 0.15) is 33.6 Å². The molecule has 8 nitrogen and oxygen atoms in total. The summed E-state index contributed by atoms with van der Waals surface area (Å²) in [4.78, 5) is 40.4. The van der Waals surface area contributed by atoms with Crippen LogP contribution in [0.5, 0.6) is 0 Å². The van der Waals surface area contributed by atoms with E-state index >= 15 is 0 Å². The van der Waals surface area contributed by atoms with Crippen molar-refractivity contribution in [3.63, 3.8) is 0 Å². The highest BCUT2D eigenvalue weighted by Gasteiger charge is 2.53. The predicted molar refractivity (Wildman–Crippen MR) is 73.7 cm³/mol. The number of nitrogens with two attached hydrogens (primary N) is 1. The minimum atomic E-state index is -1.06. The zero-order valence-electron chi connectivity index (χ0n) is 12.6. The molecule has 0 aromatic carbocycles. The normalized spacial score (nSPS) is 29.5. The van der Waals surface area contributed by atoms with Crippen LogP contribution >= 0.6 is 0 Å². The van der Waals surface area contributed by atoms with E-state index < -0.39 is 29.0 Å². The van der Waals surface area contributed by atoms with Gasteiger partial charge in [0, 0.05) is 6.54 Å². The Morgan fingerprint density at radius 3 is 2.62 bits per heavy atom. The molecule has 4 N–H and O–H groups in total. The van der Waals surface area contributed by atoms with Gasteiger partial charge in [0.1, 0.15) is 11.6 Å². The van der Waals surface area contributed by atoms with Crippen molar-refractivity contribution in [2.45, 2.75) is 45.2 Å². The highest BCUT2D eigenvalue weighted by Crippen LogP contribution is 2.36. The number of hydrogen-bond donors (Lipinski definition) is 3. The van der Waals surface area contributed by atoms with Gasteiger partial charge in [0.15, 0.2) is 0 Å². The van der Waals surface area contributed by atoms with Crippen molar-refractivity contribution in [3.05, 3.63) is 0 Å². The molecule has 2 atom stereocenters. The smallest absolute Gasteiger partial charge is 0.354 e. The van der Waals surface area contributed by atoms with Crippen molar-refractivity contribution < 1.29 is 19.2 Å². The van der Waals surface area contributed by atoms with Gasteiger partial charge in [-0.1, -0.05) is 20.8 Å². The molecule has 2 aliphatic heterocycles. The van der Waals surface area contributed by atoms with Gasteiger partial charge in [0.05, 0.1) is 6.54 Å². The second-order valence-corrected chi connectivity index (χ2v) is 6.53. The lowest BCUT2D eigenvalue weighted by Gasteiger charge is -2.35. The second-order valence-electron chi connectivity index (χ2n) is 6.53. The number of amides is 3. The Bertz CT molecular complexity index is 473. The van der Waals surface area contributed by atoms with Crippen molar-refractivity contribution >= 4 is 17.9 Å². The molecule has 2 fully saturated rings. The van der Waals surface area contributed by atoms with Crippen LogP contribution in [-0.2, 0) is 14.4 Å². The van der Waals surface area contributed by atoms with E-state index in [4.69, 9.17) is 10.6 Å². The standard InChI is InChI=1S/C13H22N4O4/c1-12(2,3)13(14)5-7-17(10(13)19)21-11(20)16-8-4-6-15-9(8)18/h8H,4-7,14H2,1-3H3,(H,15,18)(H,16,20)/t8-,13+/m0/s1. The first-order valence-electron chi connectivity index (χ1n) is 7.02. The molecule has 3 amide bonds. The molecule has 0 aliphatic carbocycles. The van der Waals surface area contributed by atoms with E-state index in [1.807, 2.05) is 20.8 Å². The first kappa shape index (κ1) is 15.6. The summed E-state index contributed by atoms with van der Waals surface area (Å²) in [5.74, 6) is -0.663. The maximum Gasteiger partial charge on any atom is 0.432 e. The largest absolute Gasteiger partial charge is 0.432 e. The minimum absolute atomic E-state index is 0.247. The molecule has 2 heterocycles. The topological polar surface area (TPSA) is 114 Å². The molecule has 0 bridgehead atoms. The summed E-state index contributed by atoms with van der Waals surface area (Å²) in [7, 11) is 0. The Kier molecular flexibility index (Phi) is 3.83. The lowest BCUT2D eigenvalue weighted by molar-refractivity contribution is -0.164. The first-order chi connectivity index (χ1) is 9.65. The molecule has 0 unspecified atom stereocenters. The summed E-state index contributed by atoms with van der Waals surface area (Å²) in [6.07, 6.45) is 0.0978. The summed E-state index contributed by atoms with van der Waals surface area (Å²) in [5, 5.41) is 6.01. The molecule has 2 rings (SSSR count). The van der Waals surface area contributed by atoms with Crippen LogP contribution in [0.4, 0.5) is 4.79 Å². The number of rotatable bonds is 2. The predicted octanol–water partition coefficient (Wildman–Crippen LogP) is -0.508. The summed E-state index contributed by atoms with van der Waals surface area (Å²) >= 11 is 0. The average molecular weight is 298 g/mol. The SMILES string of the molecule is CC(C)(C)[C@@]1(N)CCN(OC(=O)N[C@H]2CCNC2=O)C1=O. The fourth-order valence-corrected chi connectivity index (χ4v) is 2.49. The van der Waals surface area contributed by atoms with Gasteiger partial charge in [-0.3, -0.25) is 9.59 Å². The van der Waals surface area contributed by atoms with Crippen LogP contribution < -0.4 is 16.4 Å². The van der Waals surface area contributed by atoms with Gasteiger partial charge in [0.2, 0.25) is 5.91 Å². The van der Waals surface area contributed by atoms with Crippen molar-refractivity contribution in [3.8, 4) is 0 Å². The van der Waals surface area contributed by atoms with Gasteiger partial charge in [0.25, 0.3) is 5.91 Å². The van der Waals surface area contributed by atoms with Gasteiger partial charge >= 0.3 is 6.09 Å². The molecule has 118 valence electrons. The minimum Gasteiger partial charge on any atom is -0.354 e. The second kappa shape index (κ2) is 5.18. The fraction of sp³-hybridized carbons (Fsp3) is 0.769. The Morgan fingerprint density at radius 2 is 2.14 bits per heavy atom. The summed E-state index contributed by atoms with van der Waals surface area (Å²) in [6, 6.07) is -0.611. The number of carbonyl (C=O) groups is 3. The van der Waals surface area contributed by atoms with Gasteiger partial charge in [-0.05, 0) is 18.3 Å². The van der Waals surface area contributed by atoms with E-state index in [0.29, 0.717) is 19.4 Å². The molecule has 2 aliphatic rings. The van der Waals surface area contributed by atoms with Gasteiger partial charge in [-0.25, -0.2) is 4.79 Å². The molecule has 2 saturated heterocycles. The third-order valence-corrected chi connectivity index (χ3v) is 4.19. The van der Waals surface area contributed by atoms with Gasteiger partial charge in [-0.15, -0.1) is 0 Å². The lowest BCUT2D eigenvalue weighted by Crippen LogP contribution is -2.57. The van der Waals surface area contributed by atoms with E-state index in [9.17, 15) is 14.4 Å². The monoisotopic (exact) mass is 298 g/mol. The zero-order valence-corrected chi connectivity index (χ0v) is 12.6. The van der Waals surface area contributed by atoms with Gasteiger partial charge in [-0.2, -0.15) is 5.06 Å². The van der Waals surface area contributed by atoms with E-state index in [1.165, 1.54) is 0 Å². The lowest BCUT2D eigenvalue weighted by atomic mass is 9.73. The van der Waals surface area contributed by atoms with E-state index in [2.05, 4.69) is 10.6 Å². The molecule has 0 saturated carbocycles. The molecular formula is C13H22N4O4. The molecule has 21 heavy (non-hydrogen) atoms. The number of hydrogen-bond acceptors (Lipinski definition) is 5. The maximum absolute atomic E-state index is 12.3. The van der Waals surface area contributed by atoms with Crippen LogP contribution in [0.3, 0.4) is 0 Å². The Labute approximate surface area is 123 Å². The maximum atomic E-state index is 12.3. The van der Waals surface area contributed by atoms with Crippen LogP contribution in [0.15, 0.2) is 0 Å². The molecule has 0 aromatic rings. The Balaban J connectivity index is 1.94. The van der Waals surface area contributed by atoms with Crippen molar-refractivity contribution in [1.29, 1.82) is 0 Å². The highest BCUT2D eigenvalue weighted by molar-refractivity contribution is 5.90. The molecule has 8 heteroatoms. The molecule has 0 radical (unpaired) electrons.